The Hall–Kier alpha value is -1.42. The predicted octanol–water partition coefficient (Wildman–Crippen LogP) is 2.65. The summed E-state index contributed by atoms with van der Waals surface area (Å²) in [7, 11) is -3.06. The summed E-state index contributed by atoms with van der Waals surface area (Å²) in [6, 6.07) is 9.29. The maximum absolute atomic E-state index is 12.1. The number of benzene rings is 1. The van der Waals surface area contributed by atoms with E-state index >= 15 is 0 Å². The van der Waals surface area contributed by atoms with E-state index in [1.54, 1.807) is 6.92 Å². The van der Waals surface area contributed by atoms with Crippen molar-refractivity contribution in [2.75, 3.05) is 6.61 Å². The molecular weight excluding hydrogens is 292 g/mol. The van der Waals surface area contributed by atoms with Crippen LogP contribution < -0.4 is 5.19 Å². The van der Waals surface area contributed by atoms with Crippen LogP contribution in [0.15, 0.2) is 30.3 Å². The van der Waals surface area contributed by atoms with Crippen molar-refractivity contribution in [1.29, 1.82) is 0 Å². The Labute approximate surface area is 125 Å². The Morgan fingerprint density at radius 2 is 1.90 bits per heavy atom. The summed E-state index contributed by atoms with van der Waals surface area (Å²) in [5, 5.41) is 0.319. The van der Waals surface area contributed by atoms with Crippen LogP contribution in [0.25, 0.3) is 5.53 Å². The zero-order valence-electron chi connectivity index (χ0n) is 12.2. The number of ether oxygens (including phenoxy) is 1. The van der Waals surface area contributed by atoms with Crippen LogP contribution in [0.2, 0.25) is 5.04 Å². The highest BCUT2D eigenvalue weighted by Crippen LogP contribution is 2.39. The van der Waals surface area contributed by atoms with Gasteiger partial charge in [-0.3, -0.25) is 0 Å². The van der Waals surface area contributed by atoms with Gasteiger partial charge in [-0.2, -0.15) is 4.79 Å². The van der Waals surface area contributed by atoms with E-state index in [0.29, 0.717) is 0 Å². The standard InChI is InChI=1S/C14H19ClN2O2Si/c1-5-19-13(18)12(17-16)20(15,14(2,3)4)11-9-7-6-8-10-11/h6-10H,5H2,1-4H3. The van der Waals surface area contributed by atoms with Gasteiger partial charge in [0.05, 0.1) is 6.61 Å². The van der Waals surface area contributed by atoms with Gasteiger partial charge in [0.15, 0.2) is 0 Å². The van der Waals surface area contributed by atoms with E-state index in [1.165, 1.54) is 0 Å². The molecule has 0 bridgehead atoms. The minimum Gasteiger partial charge on any atom is -0.458 e. The average Bonchev–Trinajstić information content (AvgIpc) is 2.39. The highest BCUT2D eigenvalue weighted by molar-refractivity contribution is 7.46. The van der Waals surface area contributed by atoms with Crippen LogP contribution in [0.4, 0.5) is 0 Å². The highest BCUT2D eigenvalue weighted by Gasteiger charge is 2.59. The lowest BCUT2D eigenvalue weighted by atomic mass is 10.2. The largest absolute Gasteiger partial charge is 0.458 e. The SMILES string of the molecule is CCOC(=O)C(=[N+]=[N-])[Si](Cl)(c1ccccc1)C(C)(C)C. The molecule has 1 aromatic rings. The Morgan fingerprint density at radius 3 is 2.30 bits per heavy atom. The van der Waals surface area contributed by atoms with Crippen LogP contribution in [0.5, 0.6) is 0 Å². The van der Waals surface area contributed by atoms with Gasteiger partial charge < -0.3 is 10.3 Å². The minimum absolute atomic E-state index is 0.0697. The number of rotatable bonds is 4. The summed E-state index contributed by atoms with van der Waals surface area (Å²) in [6.45, 7) is 7.71. The fourth-order valence-corrected chi connectivity index (χ4v) is 5.76. The average molecular weight is 311 g/mol. The van der Waals surface area contributed by atoms with E-state index in [2.05, 4.69) is 4.79 Å². The van der Waals surface area contributed by atoms with E-state index in [9.17, 15) is 10.3 Å². The second-order valence-corrected chi connectivity index (χ2v) is 11.0. The topological polar surface area (TPSA) is 62.7 Å². The molecule has 0 aliphatic heterocycles. The molecule has 108 valence electrons. The van der Waals surface area contributed by atoms with Gasteiger partial charge in [-0.15, -0.1) is 11.1 Å². The quantitative estimate of drug-likeness (QED) is 0.214. The predicted molar refractivity (Wildman–Crippen MR) is 82.7 cm³/mol. The Morgan fingerprint density at radius 1 is 1.35 bits per heavy atom. The van der Waals surface area contributed by atoms with Gasteiger partial charge in [0, 0.05) is 0 Å². The summed E-state index contributed by atoms with van der Waals surface area (Å²) in [4.78, 5) is 15.3. The molecule has 1 atom stereocenters. The van der Waals surface area contributed by atoms with Gasteiger partial charge in [-0.05, 0) is 17.1 Å². The van der Waals surface area contributed by atoms with E-state index < -0.39 is 18.4 Å². The first-order valence-corrected chi connectivity index (χ1v) is 9.44. The second kappa shape index (κ2) is 6.35. The van der Waals surface area contributed by atoms with Gasteiger partial charge in [0.2, 0.25) is 0 Å². The van der Waals surface area contributed by atoms with Crippen LogP contribution in [0.1, 0.15) is 27.7 Å². The smallest absolute Gasteiger partial charge is 0.412 e. The minimum atomic E-state index is -3.06. The van der Waals surface area contributed by atoms with Crippen molar-refractivity contribution < 1.29 is 14.3 Å². The van der Waals surface area contributed by atoms with Crippen molar-refractivity contribution in [3.63, 3.8) is 0 Å². The first-order chi connectivity index (χ1) is 9.29. The molecule has 1 rings (SSSR count). The first kappa shape index (κ1) is 16.6. The van der Waals surface area contributed by atoms with Crippen molar-refractivity contribution in [2.24, 2.45) is 0 Å². The molecule has 4 nitrogen and oxygen atoms in total. The van der Waals surface area contributed by atoms with Crippen molar-refractivity contribution in [3.05, 3.63) is 35.9 Å². The Balaban J connectivity index is 3.48. The van der Waals surface area contributed by atoms with E-state index in [1.807, 2.05) is 51.1 Å². The molecule has 0 spiro atoms. The molecule has 0 heterocycles. The molecule has 0 radical (unpaired) electrons. The summed E-state index contributed by atoms with van der Waals surface area (Å²) >= 11 is 6.88. The molecule has 6 heteroatoms. The van der Waals surface area contributed by atoms with Crippen LogP contribution in [0.3, 0.4) is 0 Å². The van der Waals surface area contributed by atoms with Crippen LogP contribution in [0, 0.1) is 0 Å². The maximum Gasteiger partial charge on any atom is 0.412 e. The number of esters is 1. The number of carbonyl (C=O) groups is 1. The Kier molecular flexibility index (Phi) is 5.28. The fraction of sp³-hybridized carbons (Fsp3) is 0.429. The summed E-state index contributed by atoms with van der Waals surface area (Å²) in [6.07, 6.45) is 0. The molecule has 0 fully saturated rings. The van der Waals surface area contributed by atoms with Crippen molar-refractivity contribution in [3.8, 4) is 0 Å². The number of halogens is 1. The molecule has 0 amide bonds. The molecular formula is C14H19ClN2O2Si. The third-order valence-corrected chi connectivity index (χ3v) is 10.1. The molecule has 20 heavy (non-hydrogen) atoms. The maximum atomic E-state index is 12.1. The molecule has 0 N–H and O–H groups in total. The monoisotopic (exact) mass is 310 g/mol. The van der Waals surface area contributed by atoms with Gasteiger partial charge in [-0.25, -0.2) is 4.79 Å². The molecule has 0 saturated heterocycles. The lowest BCUT2D eigenvalue weighted by molar-refractivity contribution is -0.139. The van der Waals surface area contributed by atoms with E-state index in [4.69, 9.17) is 15.8 Å². The number of nitrogens with zero attached hydrogens (tertiary/aromatic N) is 2. The molecule has 1 aromatic carbocycles. The summed E-state index contributed by atoms with van der Waals surface area (Å²) < 4.78 is 4.98. The van der Waals surface area contributed by atoms with Crippen molar-refractivity contribution in [1.82, 2.24) is 0 Å². The third-order valence-electron chi connectivity index (χ3n) is 3.10. The Bertz CT molecular complexity index is 536. The number of hydrogen-bond donors (Lipinski definition) is 0. The van der Waals surface area contributed by atoms with E-state index in [0.717, 1.165) is 5.19 Å². The molecule has 0 aliphatic rings. The van der Waals surface area contributed by atoms with Crippen LogP contribution in [-0.4, -0.2) is 30.1 Å². The lowest BCUT2D eigenvalue weighted by Gasteiger charge is -2.32. The molecule has 0 aliphatic carbocycles. The summed E-state index contributed by atoms with van der Waals surface area (Å²) in [5.41, 5.74) is 9.32. The van der Waals surface area contributed by atoms with Crippen LogP contribution in [-0.2, 0) is 9.53 Å². The lowest BCUT2D eigenvalue weighted by Crippen LogP contribution is -2.60. The van der Waals surface area contributed by atoms with Crippen LogP contribution >= 0.6 is 11.1 Å². The second-order valence-electron chi connectivity index (χ2n) is 5.44. The number of hydrogen-bond acceptors (Lipinski definition) is 2. The third kappa shape index (κ3) is 3.01. The molecule has 1 unspecified atom stereocenters. The van der Waals surface area contributed by atoms with Crippen molar-refractivity contribution in [2.45, 2.75) is 32.7 Å². The summed E-state index contributed by atoms with van der Waals surface area (Å²) in [5.74, 6) is -0.657. The molecule has 0 saturated carbocycles. The van der Waals surface area contributed by atoms with Gasteiger partial charge in [0.1, 0.15) is 0 Å². The molecule has 0 aromatic heterocycles. The zero-order valence-corrected chi connectivity index (χ0v) is 13.9. The number of carbonyl (C=O) groups excluding carboxylic acids is 1. The van der Waals surface area contributed by atoms with Crippen molar-refractivity contribution >= 4 is 35.0 Å². The van der Waals surface area contributed by atoms with Gasteiger partial charge in [0.25, 0.3) is 0 Å². The van der Waals surface area contributed by atoms with Gasteiger partial charge >= 0.3 is 18.7 Å². The normalized spacial score (nSPS) is 14.1. The highest BCUT2D eigenvalue weighted by atomic mass is 35.6. The zero-order chi connectivity index (χ0) is 15.4. The first-order valence-electron chi connectivity index (χ1n) is 6.43. The van der Waals surface area contributed by atoms with Gasteiger partial charge in [-0.1, -0.05) is 51.1 Å². The fourth-order valence-electron chi connectivity index (χ4n) is 2.04. The van der Waals surface area contributed by atoms with E-state index in [-0.39, 0.29) is 11.9 Å².